The highest BCUT2D eigenvalue weighted by molar-refractivity contribution is 9.10. The molecule has 2 aromatic heterocycles. The van der Waals surface area contributed by atoms with Gasteiger partial charge in [-0.15, -0.1) is 12.4 Å². The Morgan fingerprint density at radius 3 is 2.81 bits per heavy atom. The molecule has 2 unspecified atom stereocenters. The van der Waals surface area contributed by atoms with E-state index in [2.05, 4.69) is 36.5 Å². The molecule has 0 radical (unpaired) electrons. The quantitative estimate of drug-likeness (QED) is 0.706. The van der Waals surface area contributed by atoms with Gasteiger partial charge in [-0.1, -0.05) is 0 Å². The molecule has 0 aliphatic carbocycles. The van der Waals surface area contributed by atoms with Gasteiger partial charge in [-0.05, 0) is 54.0 Å². The van der Waals surface area contributed by atoms with E-state index in [9.17, 15) is 9.59 Å². The third-order valence-corrected chi connectivity index (χ3v) is 4.94. The molecule has 1 aliphatic heterocycles. The molecule has 1 fully saturated rings. The van der Waals surface area contributed by atoms with Gasteiger partial charge in [-0.3, -0.25) is 14.6 Å². The Hall–Kier alpha value is -1.77. The van der Waals surface area contributed by atoms with E-state index in [-0.39, 0.29) is 36.2 Å². The van der Waals surface area contributed by atoms with Crippen molar-refractivity contribution in [2.75, 3.05) is 20.2 Å². The highest BCUT2D eigenvalue weighted by atomic mass is 79.9. The van der Waals surface area contributed by atoms with Crippen LogP contribution in [0.1, 0.15) is 23.3 Å². The van der Waals surface area contributed by atoms with Gasteiger partial charge in [0.2, 0.25) is 0 Å². The molecule has 1 saturated heterocycles. The van der Waals surface area contributed by atoms with Crippen molar-refractivity contribution in [3.05, 3.63) is 34.7 Å². The van der Waals surface area contributed by atoms with Crippen LogP contribution in [0, 0.1) is 5.92 Å². The van der Waals surface area contributed by atoms with E-state index in [1.165, 1.54) is 7.11 Å². The smallest absolute Gasteiger partial charge is 0.310 e. The number of aromatic nitrogens is 2. The predicted molar refractivity (Wildman–Crippen MR) is 103 cm³/mol. The van der Waals surface area contributed by atoms with E-state index >= 15 is 0 Å². The van der Waals surface area contributed by atoms with Crippen LogP contribution in [0.4, 0.5) is 0 Å². The second-order valence-electron chi connectivity index (χ2n) is 5.93. The lowest BCUT2D eigenvalue weighted by atomic mass is 9.94. The summed E-state index contributed by atoms with van der Waals surface area (Å²) in [5.74, 6) is -0.957. The standard InChI is InChI=1S/C17H19BrN4O3.ClH/c1-25-17(24)11-4-6-19-7-5-13(11)22-16(23)14-3-2-10-8-20-9-12(18)15(10)21-14;/h2-3,8-9,11,13,19H,4-7H2,1H3,(H,22,23);1H. The monoisotopic (exact) mass is 442 g/mol. The Morgan fingerprint density at radius 1 is 1.27 bits per heavy atom. The summed E-state index contributed by atoms with van der Waals surface area (Å²) in [7, 11) is 1.37. The van der Waals surface area contributed by atoms with Crippen LogP contribution in [0.2, 0.25) is 0 Å². The van der Waals surface area contributed by atoms with Gasteiger partial charge >= 0.3 is 5.97 Å². The van der Waals surface area contributed by atoms with Gasteiger partial charge in [0.05, 0.1) is 23.0 Å². The highest BCUT2D eigenvalue weighted by Gasteiger charge is 2.32. The van der Waals surface area contributed by atoms with Crippen LogP contribution in [0.3, 0.4) is 0 Å². The van der Waals surface area contributed by atoms with Crippen molar-refractivity contribution < 1.29 is 14.3 Å². The first-order valence-electron chi connectivity index (χ1n) is 8.10. The Kier molecular flexibility index (Phi) is 7.31. The van der Waals surface area contributed by atoms with Crippen LogP contribution in [0.15, 0.2) is 29.0 Å². The summed E-state index contributed by atoms with van der Waals surface area (Å²) in [5.41, 5.74) is 0.981. The van der Waals surface area contributed by atoms with Crippen molar-refractivity contribution in [3.63, 3.8) is 0 Å². The van der Waals surface area contributed by atoms with Crippen LogP contribution in [0.5, 0.6) is 0 Å². The number of nitrogens with one attached hydrogen (secondary N) is 2. The van der Waals surface area contributed by atoms with Crippen molar-refractivity contribution in [2.45, 2.75) is 18.9 Å². The van der Waals surface area contributed by atoms with Crippen molar-refractivity contribution in [1.82, 2.24) is 20.6 Å². The van der Waals surface area contributed by atoms with Crippen LogP contribution >= 0.6 is 28.3 Å². The van der Waals surface area contributed by atoms with Crippen molar-refractivity contribution in [3.8, 4) is 0 Å². The minimum absolute atomic E-state index is 0. The number of esters is 1. The van der Waals surface area contributed by atoms with Gasteiger partial charge in [0.15, 0.2) is 0 Å². The second-order valence-corrected chi connectivity index (χ2v) is 6.78. The van der Waals surface area contributed by atoms with Crippen LogP contribution in [0.25, 0.3) is 10.9 Å². The Balaban J connectivity index is 0.00000243. The van der Waals surface area contributed by atoms with E-state index in [1.807, 2.05) is 0 Å². The Labute approximate surface area is 165 Å². The summed E-state index contributed by atoms with van der Waals surface area (Å²) >= 11 is 3.40. The fraction of sp³-hybridized carbons (Fsp3) is 0.412. The summed E-state index contributed by atoms with van der Waals surface area (Å²) in [6.07, 6.45) is 4.62. The first-order valence-corrected chi connectivity index (χ1v) is 8.89. The molecule has 140 valence electrons. The summed E-state index contributed by atoms with van der Waals surface area (Å²) in [5, 5.41) is 7.04. The molecule has 1 aliphatic rings. The van der Waals surface area contributed by atoms with Gasteiger partial charge < -0.3 is 15.4 Å². The molecule has 26 heavy (non-hydrogen) atoms. The third-order valence-electron chi connectivity index (χ3n) is 4.36. The average molecular weight is 444 g/mol. The lowest BCUT2D eigenvalue weighted by Gasteiger charge is -2.23. The Bertz CT molecular complexity index is 805. The van der Waals surface area contributed by atoms with E-state index in [0.29, 0.717) is 24.1 Å². The molecule has 0 aromatic carbocycles. The zero-order valence-electron chi connectivity index (χ0n) is 14.2. The average Bonchev–Trinajstić information content (AvgIpc) is 2.86. The lowest BCUT2D eigenvalue weighted by molar-refractivity contribution is -0.146. The maximum Gasteiger partial charge on any atom is 0.310 e. The normalized spacial score (nSPS) is 19.9. The molecule has 2 aromatic rings. The molecule has 0 saturated carbocycles. The van der Waals surface area contributed by atoms with Crippen LogP contribution in [-0.4, -0.2) is 48.1 Å². The summed E-state index contributed by atoms with van der Waals surface area (Å²) < 4.78 is 5.62. The van der Waals surface area contributed by atoms with Gasteiger partial charge in [-0.25, -0.2) is 4.98 Å². The van der Waals surface area contributed by atoms with Gasteiger partial charge in [0.1, 0.15) is 5.69 Å². The Morgan fingerprint density at radius 2 is 2.04 bits per heavy atom. The first-order chi connectivity index (χ1) is 12.1. The number of amides is 1. The molecule has 2 N–H and O–H groups in total. The predicted octanol–water partition coefficient (Wildman–Crippen LogP) is 2.09. The third kappa shape index (κ3) is 4.49. The fourth-order valence-electron chi connectivity index (χ4n) is 3.03. The van der Waals surface area contributed by atoms with E-state index < -0.39 is 0 Å². The molecule has 3 rings (SSSR count). The number of halogens is 2. The number of carbonyl (C=O) groups is 2. The molecule has 7 nitrogen and oxygen atoms in total. The van der Waals surface area contributed by atoms with Crippen molar-refractivity contribution >= 4 is 51.1 Å². The maximum absolute atomic E-state index is 12.7. The zero-order valence-corrected chi connectivity index (χ0v) is 16.6. The number of methoxy groups -OCH3 is 1. The molecule has 1 amide bonds. The molecule has 0 bridgehead atoms. The number of nitrogens with zero attached hydrogens (tertiary/aromatic N) is 2. The van der Waals surface area contributed by atoms with Gasteiger partial charge in [0.25, 0.3) is 5.91 Å². The molecule has 2 atom stereocenters. The fourth-order valence-corrected chi connectivity index (χ4v) is 3.46. The molecule has 9 heteroatoms. The summed E-state index contributed by atoms with van der Waals surface area (Å²) in [6, 6.07) is 3.18. The minimum atomic E-state index is -0.361. The zero-order chi connectivity index (χ0) is 17.8. The van der Waals surface area contributed by atoms with Crippen molar-refractivity contribution in [1.29, 1.82) is 0 Å². The van der Waals surface area contributed by atoms with E-state index in [1.54, 1.807) is 24.5 Å². The second kappa shape index (κ2) is 9.25. The number of carbonyl (C=O) groups excluding carboxylic acids is 2. The molecule has 3 heterocycles. The number of hydrogen-bond acceptors (Lipinski definition) is 6. The number of pyridine rings is 2. The van der Waals surface area contributed by atoms with Gasteiger partial charge in [-0.2, -0.15) is 0 Å². The lowest BCUT2D eigenvalue weighted by Crippen LogP contribution is -2.44. The topological polar surface area (TPSA) is 93.2 Å². The van der Waals surface area contributed by atoms with E-state index in [0.717, 1.165) is 22.9 Å². The van der Waals surface area contributed by atoms with Gasteiger partial charge in [0, 0.05) is 23.8 Å². The SMILES string of the molecule is COC(=O)C1CCNCCC1NC(=O)c1ccc2cncc(Br)c2n1.Cl. The maximum atomic E-state index is 12.7. The minimum Gasteiger partial charge on any atom is -0.469 e. The number of fused-ring (bicyclic) bond motifs is 1. The largest absolute Gasteiger partial charge is 0.469 e. The van der Waals surface area contributed by atoms with E-state index in [4.69, 9.17) is 4.74 Å². The molecular weight excluding hydrogens is 424 g/mol. The summed E-state index contributed by atoms with van der Waals surface area (Å²) in [4.78, 5) is 33.2. The summed E-state index contributed by atoms with van der Waals surface area (Å²) in [6.45, 7) is 1.46. The first kappa shape index (κ1) is 20.5. The van der Waals surface area contributed by atoms with Crippen LogP contribution < -0.4 is 10.6 Å². The highest BCUT2D eigenvalue weighted by Crippen LogP contribution is 2.21. The number of rotatable bonds is 3. The van der Waals surface area contributed by atoms with Crippen molar-refractivity contribution in [2.24, 2.45) is 5.92 Å². The number of ether oxygens (including phenoxy) is 1. The molecular formula is C17H20BrClN4O3. The molecule has 0 spiro atoms. The number of hydrogen-bond donors (Lipinski definition) is 2. The van der Waals surface area contributed by atoms with Crippen LogP contribution in [-0.2, 0) is 9.53 Å².